The quantitative estimate of drug-likeness (QED) is 0.499. The Morgan fingerprint density at radius 1 is 1.06 bits per heavy atom. The van der Waals surface area contributed by atoms with E-state index in [4.69, 9.17) is 0 Å². The first-order chi connectivity index (χ1) is 16.2. The molecule has 0 spiro atoms. The molecule has 1 aromatic heterocycles. The van der Waals surface area contributed by atoms with Crippen molar-refractivity contribution in [2.45, 2.75) is 44.6 Å². The summed E-state index contributed by atoms with van der Waals surface area (Å²) < 4.78 is 27.4. The van der Waals surface area contributed by atoms with Crippen LogP contribution in [-0.4, -0.2) is 47.5 Å². The van der Waals surface area contributed by atoms with Crippen molar-refractivity contribution in [1.82, 2.24) is 19.6 Å². The molecule has 1 aliphatic heterocycles. The van der Waals surface area contributed by atoms with Crippen molar-refractivity contribution >= 4 is 32.7 Å². The molecule has 8 nitrogen and oxygen atoms in total. The van der Waals surface area contributed by atoms with Crippen LogP contribution >= 0.6 is 0 Å². The van der Waals surface area contributed by atoms with Crippen molar-refractivity contribution < 1.29 is 18.0 Å². The third-order valence-corrected chi connectivity index (χ3v) is 8.30. The zero-order valence-electron chi connectivity index (χ0n) is 19.6. The molecule has 0 aliphatic carbocycles. The maximum Gasteiger partial charge on any atom is 0.243 e. The number of amides is 1. The maximum atomic E-state index is 13.1. The molecular formula is C25H30N4O4S. The number of nitrogens with one attached hydrogen (secondary N) is 2. The summed E-state index contributed by atoms with van der Waals surface area (Å²) in [5, 5.41) is 3.13. The van der Waals surface area contributed by atoms with Gasteiger partial charge in [-0.15, -0.1) is 0 Å². The fraction of sp³-hybridized carbons (Fsp3) is 0.400. The van der Waals surface area contributed by atoms with Crippen LogP contribution in [0, 0.1) is 11.8 Å². The number of imidazole rings is 1. The summed E-state index contributed by atoms with van der Waals surface area (Å²) >= 11 is 0. The zero-order chi connectivity index (χ0) is 24.5. The van der Waals surface area contributed by atoms with Crippen LogP contribution in [0.4, 0.5) is 0 Å². The molecular weight excluding hydrogens is 452 g/mol. The first-order valence-electron chi connectivity index (χ1n) is 11.5. The van der Waals surface area contributed by atoms with Crippen LogP contribution in [0.15, 0.2) is 53.4 Å². The number of fused-ring (bicyclic) bond motifs is 1. The van der Waals surface area contributed by atoms with Gasteiger partial charge < -0.3 is 10.3 Å². The molecule has 2 N–H and O–H groups in total. The van der Waals surface area contributed by atoms with Gasteiger partial charge in [0.15, 0.2) is 5.78 Å². The Morgan fingerprint density at radius 3 is 2.29 bits per heavy atom. The number of Topliss-reactive ketones (excluding diaryl/α,β-unsaturated/α-hetero) is 1. The van der Waals surface area contributed by atoms with Gasteiger partial charge in [0.25, 0.3) is 0 Å². The monoisotopic (exact) mass is 482 g/mol. The maximum absolute atomic E-state index is 13.1. The molecule has 0 saturated carbocycles. The van der Waals surface area contributed by atoms with E-state index in [9.17, 15) is 18.0 Å². The number of carbonyl (C=O) groups excluding carboxylic acids is 2. The molecule has 34 heavy (non-hydrogen) atoms. The Kier molecular flexibility index (Phi) is 6.86. The highest BCUT2D eigenvalue weighted by molar-refractivity contribution is 7.89. The van der Waals surface area contributed by atoms with Gasteiger partial charge in [0.1, 0.15) is 5.82 Å². The largest absolute Gasteiger partial charge is 0.346 e. The highest BCUT2D eigenvalue weighted by atomic mass is 32.2. The number of benzene rings is 2. The van der Waals surface area contributed by atoms with Gasteiger partial charge in [-0.2, -0.15) is 4.31 Å². The Balaban J connectivity index is 1.40. The fourth-order valence-electron chi connectivity index (χ4n) is 4.31. The number of piperidine rings is 1. The number of ketones is 1. The standard InChI is InChI=1S/C25H30N4O4S/c1-16(2)23(24-26-21-6-4-5-7-22(21)27-24)28-25(31)19-12-14-29(15-13-19)34(32,33)20-10-8-18(9-11-20)17(3)30/h4-11,16,19,23H,12-15H2,1-3H3,(H,26,27)(H,28,31)/t23-/m0/s1. The van der Waals surface area contributed by atoms with Gasteiger partial charge in [0, 0.05) is 24.6 Å². The lowest BCUT2D eigenvalue weighted by Crippen LogP contribution is -2.44. The lowest BCUT2D eigenvalue weighted by atomic mass is 9.95. The lowest BCUT2D eigenvalue weighted by Gasteiger charge is -2.31. The number of sulfonamides is 1. The molecule has 1 atom stereocenters. The number of rotatable bonds is 7. The second-order valence-electron chi connectivity index (χ2n) is 9.13. The molecule has 0 radical (unpaired) electrons. The van der Waals surface area contributed by atoms with Crippen molar-refractivity contribution in [3.8, 4) is 0 Å². The fourth-order valence-corrected chi connectivity index (χ4v) is 5.78. The normalized spacial score (nSPS) is 16.6. The van der Waals surface area contributed by atoms with Crippen LogP contribution in [0.2, 0.25) is 0 Å². The van der Waals surface area contributed by atoms with E-state index in [1.54, 1.807) is 0 Å². The van der Waals surface area contributed by atoms with E-state index < -0.39 is 10.0 Å². The van der Waals surface area contributed by atoms with E-state index in [-0.39, 0.29) is 47.6 Å². The molecule has 1 amide bonds. The third kappa shape index (κ3) is 4.90. The molecule has 9 heteroatoms. The Morgan fingerprint density at radius 2 is 1.71 bits per heavy atom. The predicted molar refractivity (Wildman–Crippen MR) is 130 cm³/mol. The van der Waals surface area contributed by atoms with Gasteiger partial charge in [0.05, 0.1) is 22.0 Å². The van der Waals surface area contributed by atoms with E-state index in [1.165, 1.54) is 35.5 Å². The van der Waals surface area contributed by atoms with E-state index in [2.05, 4.69) is 15.3 Å². The Labute approximate surface area is 199 Å². The number of hydrogen-bond acceptors (Lipinski definition) is 5. The minimum atomic E-state index is -3.67. The summed E-state index contributed by atoms with van der Waals surface area (Å²) in [6, 6.07) is 13.5. The average Bonchev–Trinajstić information content (AvgIpc) is 3.26. The molecule has 3 aromatic rings. The number of nitrogens with zero attached hydrogens (tertiary/aromatic N) is 2. The molecule has 0 unspecified atom stereocenters. The van der Waals surface area contributed by atoms with E-state index >= 15 is 0 Å². The van der Waals surface area contributed by atoms with Gasteiger partial charge >= 0.3 is 0 Å². The minimum Gasteiger partial charge on any atom is -0.346 e. The first-order valence-corrected chi connectivity index (χ1v) is 13.0. The van der Waals surface area contributed by atoms with Gasteiger partial charge in [-0.1, -0.05) is 38.1 Å². The zero-order valence-corrected chi connectivity index (χ0v) is 20.4. The molecule has 4 rings (SSSR count). The Hall–Kier alpha value is -3.04. The van der Waals surface area contributed by atoms with Crippen molar-refractivity contribution in [3.63, 3.8) is 0 Å². The van der Waals surface area contributed by atoms with Gasteiger partial charge in [0.2, 0.25) is 15.9 Å². The summed E-state index contributed by atoms with van der Waals surface area (Å²) in [5.74, 6) is 0.388. The molecule has 180 valence electrons. The van der Waals surface area contributed by atoms with Crippen LogP contribution in [0.1, 0.15) is 55.8 Å². The van der Waals surface area contributed by atoms with Gasteiger partial charge in [-0.3, -0.25) is 9.59 Å². The molecule has 1 aliphatic rings. The van der Waals surface area contributed by atoms with Gasteiger partial charge in [-0.05, 0) is 49.9 Å². The molecule has 2 aromatic carbocycles. The van der Waals surface area contributed by atoms with Crippen LogP contribution in [0.25, 0.3) is 11.0 Å². The second-order valence-corrected chi connectivity index (χ2v) is 11.1. The number of carbonyl (C=O) groups is 2. The predicted octanol–water partition coefficient (Wildman–Crippen LogP) is 3.68. The van der Waals surface area contributed by atoms with Crippen molar-refractivity contribution in [2.75, 3.05) is 13.1 Å². The average molecular weight is 483 g/mol. The molecule has 0 bridgehead atoms. The molecule has 1 fully saturated rings. The first kappa shape index (κ1) is 24.1. The highest BCUT2D eigenvalue weighted by Crippen LogP contribution is 2.27. The van der Waals surface area contributed by atoms with E-state index in [1.807, 2.05) is 38.1 Å². The smallest absolute Gasteiger partial charge is 0.243 e. The van der Waals surface area contributed by atoms with Crippen LogP contribution in [0.5, 0.6) is 0 Å². The van der Waals surface area contributed by atoms with Crippen molar-refractivity contribution in [3.05, 3.63) is 59.9 Å². The lowest BCUT2D eigenvalue weighted by molar-refractivity contribution is -0.127. The number of H-pyrrole nitrogens is 1. The van der Waals surface area contributed by atoms with E-state index in [0.29, 0.717) is 18.4 Å². The summed E-state index contributed by atoms with van der Waals surface area (Å²) in [6.45, 7) is 6.05. The number of hydrogen-bond donors (Lipinski definition) is 2. The number of aromatic nitrogens is 2. The van der Waals surface area contributed by atoms with Crippen molar-refractivity contribution in [1.29, 1.82) is 0 Å². The topological polar surface area (TPSA) is 112 Å². The van der Waals surface area contributed by atoms with Gasteiger partial charge in [-0.25, -0.2) is 13.4 Å². The highest BCUT2D eigenvalue weighted by Gasteiger charge is 2.33. The van der Waals surface area contributed by atoms with Crippen LogP contribution < -0.4 is 5.32 Å². The SMILES string of the molecule is CC(=O)c1ccc(S(=O)(=O)N2CCC(C(=O)N[C@H](c3nc4ccccc4[nH]3)C(C)C)CC2)cc1. The summed E-state index contributed by atoms with van der Waals surface area (Å²) in [7, 11) is -3.67. The molecule has 1 saturated heterocycles. The van der Waals surface area contributed by atoms with Crippen LogP contribution in [0.3, 0.4) is 0 Å². The van der Waals surface area contributed by atoms with Crippen molar-refractivity contribution in [2.24, 2.45) is 11.8 Å². The molecule has 2 heterocycles. The summed E-state index contributed by atoms with van der Waals surface area (Å²) in [5.41, 5.74) is 2.25. The minimum absolute atomic E-state index is 0.0815. The number of para-hydroxylation sites is 2. The summed E-state index contributed by atoms with van der Waals surface area (Å²) in [4.78, 5) is 32.6. The van der Waals surface area contributed by atoms with Crippen LogP contribution in [-0.2, 0) is 14.8 Å². The van der Waals surface area contributed by atoms with E-state index in [0.717, 1.165) is 16.9 Å². The number of aromatic amines is 1. The summed E-state index contributed by atoms with van der Waals surface area (Å²) in [6.07, 6.45) is 0.892. The second kappa shape index (κ2) is 9.68. The Bertz CT molecular complexity index is 1260. The third-order valence-electron chi connectivity index (χ3n) is 6.39.